The smallest absolute Gasteiger partial charge is 0.181 e. The number of aryl methyl sites for hydroxylation is 1. The summed E-state index contributed by atoms with van der Waals surface area (Å²) in [6.45, 7) is 2.24. The fraction of sp³-hybridized carbons (Fsp3) is 0.571. The minimum Gasteiger partial charge on any atom is -0.445 e. The first-order chi connectivity index (χ1) is 5.25. The normalized spacial score (nSPS) is 13.4. The Morgan fingerprint density at radius 2 is 2.55 bits per heavy atom. The Kier molecular flexibility index (Phi) is 2.62. The number of aliphatic hydroxyl groups excluding tert-OH is 1. The predicted molar refractivity (Wildman–Crippen MR) is 39.9 cm³/mol. The summed E-state index contributed by atoms with van der Waals surface area (Å²) in [5, 5.41) is 9.38. The van der Waals surface area contributed by atoms with Crippen LogP contribution in [0.2, 0.25) is 0 Å². The summed E-state index contributed by atoms with van der Waals surface area (Å²) < 4.78 is 4.96. The molecule has 0 bridgehead atoms. The lowest BCUT2D eigenvalue weighted by Gasteiger charge is -2.04. The molecule has 1 rings (SSSR count). The Hall–Kier alpha value is -0.870. The van der Waals surface area contributed by atoms with Crippen LogP contribution in [0.15, 0.2) is 10.8 Å². The van der Waals surface area contributed by atoms with Gasteiger partial charge in [0.1, 0.15) is 6.10 Å². The van der Waals surface area contributed by atoms with Crippen LogP contribution in [0.4, 0.5) is 0 Å². The van der Waals surface area contributed by atoms with Crippen LogP contribution in [-0.2, 0) is 0 Å². The number of nitrogens with zero attached hydrogens (tertiary/aromatic N) is 1. The Morgan fingerprint density at radius 3 is 3.00 bits per heavy atom. The average Bonchev–Trinajstić information content (AvgIpc) is 2.36. The maximum absolute atomic E-state index is 9.38. The van der Waals surface area contributed by atoms with E-state index in [-0.39, 0.29) is 0 Å². The van der Waals surface area contributed by atoms with Crippen molar-refractivity contribution in [1.82, 2.24) is 4.98 Å². The van der Waals surface area contributed by atoms with Crippen molar-refractivity contribution in [3.05, 3.63) is 17.8 Å². The number of rotatable bonds is 3. The summed E-state index contributed by atoms with van der Waals surface area (Å²) in [7, 11) is 0. The molecule has 0 saturated heterocycles. The lowest BCUT2D eigenvalue weighted by Crippen LogP contribution is -2.06. The molecular weight excluding hydrogens is 144 g/mol. The van der Waals surface area contributed by atoms with E-state index in [2.05, 4.69) is 4.98 Å². The Labute approximate surface area is 65.0 Å². The molecule has 11 heavy (non-hydrogen) atoms. The van der Waals surface area contributed by atoms with Gasteiger partial charge >= 0.3 is 0 Å². The molecule has 0 radical (unpaired) electrons. The van der Waals surface area contributed by atoms with E-state index in [0.29, 0.717) is 18.7 Å². The lowest BCUT2D eigenvalue weighted by molar-refractivity contribution is 0.142. The molecule has 4 heteroatoms. The van der Waals surface area contributed by atoms with Crippen molar-refractivity contribution in [3.63, 3.8) is 0 Å². The van der Waals surface area contributed by atoms with Gasteiger partial charge in [-0.15, -0.1) is 0 Å². The van der Waals surface area contributed by atoms with E-state index in [1.54, 1.807) is 6.92 Å². The van der Waals surface area contributed by atoms with Gasteiger partial charge in [-0.2, -0.15) is 0 Å². The molecule has 1 atom stereocenters. The molecule has 0 aliphatic rings. The molecule has 0 amide bonds. The van der Waals surface area contributed by atoms with E-state index in [0.717, 1.165) is 5.69 Å². The van der Waals surface area contributed by atoms with Crippen molar-refractivity contribution in [2.24, 2.45) is 5.73 Å². The number of nitrogens with two attached hydrogens (primary N) is 1. The van der Waals surface area contributed by atoms with Crippen molar-refractivity contribution in [2.75, 3.05) is 6.54 Å². The van der Waals surface area contributed by atoms with Gasteiger partial charge in [0, 0.05) is 0 Å². The summed E-state index contributed by atoms with van der Waals surface area (Å²) in [6.07, 6.45) is 1.22. The second-order valence-corrected chi connectivity index (χ2v) is 2.40. The third-order valence-electron chi connectivity index (χ3n) is 1.53. The molecule has 1 unspecified atom stereocenters. The van der Waals surface area contributed by atoms with Crippen LogP contribution in [0, 0.1) is 6.92 Å². The number of aliphatic hydroxyl groups is 1. The predicted octanol–water partition coefficient (Wildman–Crippen LogP) is 0.365. The van der Waals surface area contributed by atoms with Crippen LogP contribution in [-0.4, -0.2) is 16.6 Å². The molecule has 0 aliphatic carbocycles. The highest BCUT2D eigenvalue weighted by atomic mass is 16.4. The molecule has 0 aliphatic heterocycles. The molecule has 0 saturated carbocycles. The van der Waals surface area contributed by atoms with Crippen LogP contribution >= 0.6 is 0 Å². The highest BCUT2D eigenvalue weighted by Gasteiger charge is 2.13. The van der Waals surface area contributed by atoms with Gasteiger partial charge in [-0.25, -0.2) is 4.98 Å². The zero-order chi connectivity index (χ0) is 8.27. The number of oxazole rings is 1. The molecule has 0 fully saturated rings. The Balaban J connectivity index is 2.67. The van der Waals surface area contributed by atoms with Gasteiger partial charge in [0.05, 0.1) is 5.69 Å². The first-order valence-electron chi connectivity index (χ1n) is 3.54. The molecule has 62 valence electrons. The van der Waals surface area contributed by atoms with E-state index < -0.39 is 6.10 Å². The van der Waals surface area contributed by atoms with Crippen molar-refractivity contribution >= 4 is 0 Å². The van der Waals surface area contributed by atoms with Gasteiger partial charge in [0.25, 0.3) is 0 Å². The monoisotopic (exact) mass is 156 g/mol. The first-order valence-corrected chi connectivity index (χ1v) is 3.54. The quantitative estimate of drug-likeness (QED) is 0.663. The minimum atomic E-state index is -0.609. The third kappa shape index (κ3) is 1.78. The fourth-order valence-electron chi connectivity index (χ4n) is 0.920. The zero-order valence-corrected chi connectivity index (χ0v) is 6.45. The van der Waals surface area contributed by atoms with Crippen LogP contribution in [0.25, 0.3) is 0 Å². The van der Waals surface area contributed by atoms with Crippen LogP contribution < -0.4 is 5.73 Å². The summed E-state index contributed by atoms with van der Waals surface area (Å²) in [5.74, 6) is 0.524. The van der Waals surface area contributed by atoms with Crippen LogP contribution in [0.5, 0.6) is 0 Å². The number of aromatic nitrogens is 1. The highest BCUT2D eigenvalue weighted by molar-refractivity contribution is 5.07. The summed E-state index contributed by atoms with van der Waals surface area (Å²) in [5.41, 5.74) is 5.99. The summed E-state index contributed by atoms with van der Waals surface area (Å²) >= 11 is 0. The van der Waals surface area contributed by atoms with Gasteiger partial charge in [-0.1, -0.05) is 0 Å². The Bertz CT molecular complexity index is 222. The van der Waals surface area contributed by atoms with Gasteiger partial charge in [-0.3, -0.25) is 0 Å². The molecule has 3 N–H and O–H groups in total. The van der Waals surface area contributed by atoms with Gasteiger partial charge in [-0.05, 0) is 19.9 Å². The molecular formula is C7H12N2O2. The van der Waals surface area contributed by atoms with E-state index >= 15 is 0 Å². The molecule has 1 heterocycles. The van der Waals surface area contributed by atoms with Crippen LogP contribution in [0.3, 0.4) is 0 Å². The van der Waals surface area contributed by atoms with Crippen molar-refractivity contribution in [2.45, 2.75) is 19.4 Å². The molecule has 0 aromatic carbocycles. The Morgan fingerprint density at radius 1 is 1.82 bits per heavy atom. The standard InChI is InChI=1S/C7H12N2O2/c1-5-7(11-4-9-5)6(10)2-3-8/h4,6,10H,2-3,8H2,1H3. The van der Waals surface area contributed by atoms with E-state index in [4.69, 9.17) is 10.2 Å². The fourth-order valence-corrected chi connectivity index (χ4v) is 0.920. The molecule has 4 nitrogen and oxygen atoms in total. The van der Waals surface area contributed by atoms with Gasteiger partial charge < -0.3 is 15.3 Å². The maximum Gasteiger partial charge on any atom is 0.181 e. The minimum absolute atomic E-state index is 0.446. The molecule has 1 aromatic rings. The zero-order valence-electron chi connectivity index (χ0n) is 6.45. The first kappa shape index (κ1) is 8.23. The second kappa shape index (κ2) is 3.50. The van der Waals surface area contributed by atoms with Gasteiger partial charge in [0.2, 0.25) is 0 Å². The second-order valence-electron chi connectivity index (χ2n) is 2.40. The van der Waals surface area contributed by atoms with Crippen LogP contribution in [0.1, 0.15) is 24.0 Å². The highest BCUT2D eigenvalue weighted by Crippen LogP contribution is 2.18. The maximum atomic E-state index is 9.38. The topological polar surface area (TPSA) is 72.3 Å². The number of hydrogen-bond donors (Lipinski definition) is 2. The summed E-state index contributed by atoms with van der Waals surface area (Å²) in [6, 6.07) is 0. The van der Waals surface area contributed by atoms with Gasteiger partial charge in [0.15, 0.2) is 12.2 Å². The van der Waals surface area contributed by atoms with Crippen molar-refractivity contribution < 1.29 is 9.52 Å². The SMILES string of the molecule is Cc1ncoc1C(O)CCN. The average molecular weight is 156 g/mol. The number of hydrogen-bond acceptors (Lipinski definition) is 4. The molecule has 0 spiro atoms. The van der Waals surface area contributed by atoms with E-state index in [9.17, 15) is 5.11 Å². The van der Waals surface area contributed by atoms with Crippen molar-refractivity contribution in [1.29, 1.82) is 0 Å². The summed E-state index contributed by atoms with van der Waals surface area (Å²) in [4.78, 5) is 3.85. The largest absolute Gasteiger partial charge is 0.445 e. The van der Waals surface area contributed by atoms with E-state index in [1.165, 1.54) is 6.39 Å². The lowest BCUT2D eigenvalue weighted by atomic mass is 10.2. The third-order valence-corrected chi connectivity index (χ3v) is 1.53. The van der Waals surface area contributed by atoms with Crippen molar-refractivity contribution in [3.8, 4) is 0 Å². The van der Waals surface area contributed by atoms with E-state index in [1.807, 2.05) is 0 Å². The molecule has 1 aromatic heterocycles.